The molecule has 0 atom stereocenters. The number of amides is 2. The lowest BCUT2D eigenvalue weighted by Gasteiger charge is -2.04. The Hall–Kier alpha value is -2.30. The predicted octanol–water partition coefficient (Wildman–Crippen LogP) is 1.35. The molecule has 0 aliphatic heterocycles. The predicted molar refractivity (Wildman–Crippen MR) is 78.3 cm³/mol. The highest BCUT2D eigenvalue weighted by atomic mass is 16.2. The van der Waals surface area contributed by atoms with Gasteiger partial charge in [0.05, 0.1) is 6.54 Å². The summed E-state index contributed by atoms with van der Waals surface area (Å²) < 4.78 is 0. The molecule has 0 unspecified atom stereocenters. The monoisotopic (exact) mass is 273 g/mol. The molecule has 0 spiro atoms. The Morgan fingerprint density at radius 1 is 1.20 bits per heavy atom. The molecule has 0 saturated heterocycles. The van der Waals surface area contributed by atoms with E-state index in [0.29, 0.717) is 6.42 Å². The maximum Gasteiger partial charge on any atom is 0.239 e. The first-order chi connectivity index (χ1) is 9.70. The fraction of sp³-hybridized carbons (Fsp3) is 0.333. The van der Waals surface area contributed by atoms with Crippen LogP contribution in [-0.2, 0) is 16.0 Å². The van der Waals surface area contributed by atoms with Gasteiger partial charge in [-0.3, -0.25) is 9.59 Å². The van der Waals surface area contributed by atoms with Crippen LogP contribution < -0.4 is 10.6 Å². The van der Waals surface area contributed by atoms with Crippen molar-refractivity contribution >= 4 is 22.7 Å². The Morgan fingerprint density at radius 3 is 2.80 bits per heavy atom. The summed E-state index contributed by atoms with van der Waals surface area (Å²) in [4.78, 5) is 25.8. The van der Waals surface area contributed by atoms with E-state index in [-0.39, 0.29) is 18.4 Å². The number of carbonyl (C=O) groups excluding carboxylic acids is 2. The number of para-hydroxylation sites is 1. The van der Waals surface area contributed by atoms with Crippen LogP contribution in [0.5, 0.6) is 0 Å². The molecule has 0 aliphatic rings. The lowest BCUT2D eigenvalue weighted by atomic mass is 10.1. The third kappa shape index (κ3) is 3.60. The van der Waals surface area contributed by atoms with Crippen LogP contribution in [-0.4, -0.2) is 30.4 Å². The minimum absolute atomic E-state index is 0.0441. The van der Waals surface area contributed by atoms with Crippen LogP contribution in [0.25, 0.3) is 10.9 Å². The maximum absolute atomic E-state index is 11.6. The van der Waals surface area contributed by atoms with Gasteiger partial charge in [-0.15, -0.1) is 0 Å². The summed E-state index contributed by atoms with van der Waals surface area (Å²) >= 11 is 0. The molecule has 20 heavy (non-hydrogen) atoms. The molecule has 0 bridgehead atoms. The number of benzene rings is 1. The van der Waals surface area contributed by atoms with Crippen LogP contribution in [0.15, 0.2) is 30.5 Å². The van der Waals surface area contributed by atoms with Gasteiger partial charge in [-0.2, -0.15) is 0 Å². The van der Waals surface area contributed by atoms with Crippen molar-refractivity contribution in [2.45, 2.75) is 19.3 Å². The molecule has 5 heteroatoms. The molecule has 5 nitrogen and oxygen atoms in total. The number of aromatic amines is 1. The van der Waals surface area contributed by atoms with Crippen molar-refractivity contribution in [3.05, 3.63) is 36.0 Å². The first-order valence-corrected chi connectivity index (χ1v) is 6.73. The summed E-state index contributed by atoms with van der Waals surface area (Å²) in [5.41, 5.74) is 2.34. The van der Waals surface area contributed by atoms with E-state index in [0.717, 1.165) is 18.4 Å². The average Bonchev–Trinajstić information content (AvgIpc) is 2.88. The number of hydrogen-bond donors (Lipinski definition) is 3. The Bertz CT molecular complexity index is 604. The fourth-order valence-corrected chi connectivity index (χ4v) is 2.13. The van der Waals surface area contributed by atoms with E-state index in [1.807, 2.05) is 24.4 Å². The molecule has 3 N–H and O–H groups in total. The molecule has 0 aliphatic carbocycles. The van der Waals surface area contributed by atoms with Gasteiger partial charge < -0.3 is 15.6 Å². The zero-order valence-corrected chi connectivity index (χ0v) is 11.5. The fourth-order valence-electron chi connectivity index (χ4n) is 2.13. The number of fused-ring (bicyclic) bond motifs is 1. The SMILES string of the molecule is CNC(=O)CNC(=O)CCCc1c[nH]c2ccccc12. The Kier molecular flexibility index (Phi) is 4.76. The van der Waals surface area contributed by atoms with Crippen LogP contribution in [0, 0.1) is 0 Å². The molecular weight excluding hydrogens is 254 g/mol. The third-order valence-corrected chi connectivity index (χ3v) is 3.25. The Balaban J connectivity index is 1.78. The van der Waals surface area contributed by atoms with Crippen molar-refractivity contribution in [1.29, 1.82) is 0 Å². The van der Waals surface area contributed by atoms with E-state index in [9.17, 15) is 9.59 Å². The Labute approximate surface area is 117 Å². The van der Waals surface area contributed by atoms with Gasteiger partial charge in [0.25, 0.3) is 0 Å². The van der Waals surface area contributed by atoms with E-state index in [2.05, 4.69) is 21.7 Å². The number of carbonyl (C=O) groups is 2. The highest BCUT2D eigenvalue weighted by molar-refractivity contribution is 5.85. The van der Waals surface area contributed by atoms with E-state index in [1.54, 1.807) is 7.05 Å². The lowest BCUT2D eigenvalue weighted by molar-refractivity contribution is -0.125. The van der Waals surface area contributed by atoms with Crippen LogP contribution in [0.4, 0.5) is 0 Å². The van der Waals surface area contributed by atoms with E-state index in [1.165, 1.54) is 10.9 Å². The standard InChI is InChI=1S/C15H19N3O2/c1-16-15(20)10-18-14(19)8-4-5-11-9-17-13-7-3-2-6-12(11)13/h2-3,6-7,9,17H,4-5,8,10H2,1H3,(H,16,20)(H,18,19). The second-order valence-corrected chi connectivity index (χ2v) is 4.66. The molecule has 1 aromatic heterocycles. The smallest absolute Gasteiger partial charge is 0.239 e. The summed E-state index contributed by atoms with van der Waals surface area (Å²) in [7, 11) is 1.55. The second kappa shape index (κ2) is 6.75. The number of hydrogen-bond acceptors (Lipinski definition) is 2. The molecule has 2 rings (SSSR count). The molecule has 1 heterocycles. The number of nitrogens with one attached hydrogen (secondary N) is 3. The molecule has 0 radical (unpaired) electrons. The minimum Gasteiger partial charge on any atom is -0.361 e. The number of H-pyrrole nitrogens is 1. The van der Waals surface area contributed by atoms with Gasteiger partial charge in [0.15, 0.2) is 0 Å². The van der Waals surface area contributed by atoms with Crippen LogP contribution in [0.3, 0.4) is 0 Å². The number of aryl methyl sites for hydroxylation is 1. The lowest BCUT2D eigenvalue weighted by Crippen LogP contribution is -2.35. The molecule has 2 aromatic rings. The van der Waals surface area contributed by atoms with Crippen molar-refractivity contribution in [2.75, 3.05) is 13.6 Å². The third-order valence-electron chi connectivity index (χ3n) is 3.25. The van der Waals surface area contributed by atoms with E-state index in [4.69, 9.17) is 0 Å². The first kappa shape index (κ1) is 14.1. The number of rotatable bonds is 6. The second-order valence-electron chi connectivity index (χ2n) is 4.66. The molecule has 0 saturated carbocycles. The van der Waals surface area contributed by atoms with Crippen molar-refractivity contribution in [2.24, 2.45) is 0 Å². The summed E-state index contributed by atoms with van der Waals surface area (Å²) in [6, 6.07) is 8.12. The van der Waals surface area contributed by atoms with Gasteiger partial charge in [-0.1, -0.05) is 18.2 Å². The number of likely N-dealkylation sites (N-methyl/N-ethyl adjacent to an activating group) is 1. The van der Waals surface area contributed by atoms with Gasteiger partial charge >= 0.3 is 0 Å². The number of aromatic nitrogens is 1. The maximum atomic E-state index is 11.6. The zero-order chi connectivity index (χ0) is 14.4. The largest absolute Gasteiger partial charge is 0.361 e. The van der Waals surface area contributed by atoms with E-state index >= 15 is 0 Å². The van der Waals surface area contributed by atoms with Gasteiger partial charge in [0.1, 0.15) is 0 Å². The van der Waals surface area contributed by atoms with Crippen molar-refractivity contribution in [3.63, 3.8) is 0 Å². The van der Waals surface area contributed by atoms with Gasteiger partial charge in [-0.25, -0.2) is 0 Å². The summed E-state index contributed by atoms with van der Waals surface area (Å²) in [6.07, 6.45) is 4.03. The van der Waals surface area contributed by atoms with Gasteiger partial charge in [0, 0.05) is 30.6 Å². The highest BCUT2D eigenvalue weighted by Gasteiger charge is 2.06. The van der Waals surface area contributed by atoms with Crippen molar-refractivity contribution in [3.8, 4) is 0 Å². The van der Waals surface area contributed by atoms with Gasteiger partial charge in [-0.05, 0) is 24.5 Å². The van der Waals surface area contributed by atoms with Crippen LogP contribution >= 0.6 is 0 Å². The van der Waals surface area contributed by atoms with Gasteiger partial charge in [0.2, 0.25) is 11.8 Å². The van der Waals surface area contributed by atoms with Crippen molar-refractivity contribution < 1.29 is 9.59 Å². The molecule has 1 aromatic carbocycles. The minimum atomic E-state index is -0.185. The molecule has 106 valence electrons. The van der Waals surface area contributed by atoms with Crippen LogP contribution in [0.2, 0.25) is 0 Å². The summed E-state index contributed by atoms with van der Waals surface area (Å²) in [6.45, 7) is 0.0441. The Morgan fingerprint density at radius 2 is 2.00 bits per heavy atom. The first-order valence-electron chi connectivity index (χ1n) is 6.73. The van der Waals surface area contributed by atoms with Crippen molar-refractivity contribution in [1.82, 2.24) is 15.6 Å². The summed E-state index contributed by atoms with van der Waals surface area (Å²) in [5, 5.41) is 6.26. The average molecular weight is 273 g/mol. The normalized spacial score (nSPS) is 10.4. The van der Waals surface area contributed by atoms with E-state index < -0.39 is 0 Å². The topological polar surface area (TPSA) is 74.0 Å². The zero-order valence-electron chi connectivity index (χ0n) is 11.5. The molecule has 2 amide bonds. The molecular formula is C15H19N3O2. The van der Waals surface area contributed by atoms with Crippen LogP contribution in [0.1, 0.15) is 18.4 Å². The summed E-state index contributed by atoms with van der Waals surface area (Å²) in [5.74, 6) is -0.275. The quantitative estimate of drug-likeness (QED) is 0.743. The molecule has 0 fully saturated rings. The highest BCUT2D eigenvalue weighted by Crippen LogP contribution is 2.19.